The van der Waals surface area contributed by atoms with E-state index in [1.165, 1.54) is 212 Å². The Kier molecular flexibility index (Phi) is 52.5. The van der Waals surface area contributed by atoms with E-state index in [1.54, 1.807) is 0 Å². The maximum Gasteiger partial charge on any atom is 0.306 e. The van der Waals surface area contributed by atoms with Gasteiger partial charge in [-0.15, -0.1) is 0 Å². The third-order valence-electron chi connectivity index (χ3n) is 13.2. The number of alkyl halides is 3. The van der Waals surface area contributed by atoms with Crippen LogP contribution in [0, 0.1) is 0 Å². The minimum atomic E-state index is -0.783. The molecular formula is C57H107Br3O6. The number of esters is 3. The molecule has 0 bridgehead atoms. The lowest BCUT2D eigenvalue weighted by molar-refractivity contribution is -0.167. The van der Waals surface area contributed by atoms with Crippen LogP contribution in [0.2, 0.25) is 0 Å². The maximum atomic E-state index is 12.9. The van der Waals surface area contributed by atoms with Crippen molar-refractivity contribution >= 4 is 65.7 Å². The quantitative estimate of drug-likeness (QED) is 0.0261. The fraction of sp³-hybridized carbons (Fsp3) is 0.947. The molecule has 0 aromatic heterocycles. The van der Waals surface area contributed by atoms with E-state index in [2.05, 4.69) is 68.6 Å². The average molecular weight is 1130 g/mol. The second-order valence-electron chi connectivity index (χ2n) is 19.9. The second kappa shape index (κ2) is 52.7. The van der Waals surface area contributed by atoms with Crippen LogP contribution in [0.3, 0.4) is 0 Å². The van der Waals surface area contributed by atoms with E-state index in [9.17, 15) is 14.4 Å². The fourth-order valence-electron chi connectivity index (χ4n) is 8.78. The van der Waals surface area contributed by atoms with Crippen LogP contribution in [0.15, 0.2) is 0 Å². The molecule has 0 aliphatic heterocycles. The summed E-state index contributed by atoms with van der Waals surface area (Å²) in [7, 11) is 0. The normalized spacial score (nSPS) is 13.4. The summed E-state index contributed by atoms with van der Waals surface area (Å²) in [6.07, 6.45) is 52.1. The molecule has 0 spiro atoms. The minimum Gasteiger partial charge on any atom is -0.462 e. The number of halogens is 3. The Morgan fingerprint density at radius 3 is 0.773 bits per heavy atom. The maximum absolute atomic E-state index is 12.9. The van der Waals surface area contributed by atoms with Gasteiger partial charge in [-0.05, 0) is 57.8 Å². The first kappa shape index (κ1) is 65.8. The van der Waals surface area contributed by atoms with Gasteiger partial charge in [0.15, 0.2) is 6.10 Å². The summed E-state index contributed by atoms with van der Waals surface area (Å²) in [6, 6.07) is 0. The van der Waals surface area contributed by atoms with Crippen molar-refractivity contribution in [2.75, 3.05) is 13.2 Å². The number of hydrogen-bond acceptors (Lipinski definition) is 6. The zero-order valence-electron chi connectivity index (χ0n) is 43.6. The summed E-state index contributed by atoms with van der Waals surface area (Å²) < 4.78 is 16.9. The summed E-state index contributed by atoms with van der Waals surface area (Å²) in [5.41, 5.74) is 0. The zero-order valence-corrected chi connectivity index (χ0v) is 48.4. The van der Waals surface area contributed by atoms with Crippen molar-refractivity contribution in [2.24, 2.45) is 0 Å². The topological polar surface area (TPSA) is 78.9 Å². The molecule has 9 heteroatoms. The predicted octanol–water partition coefficient (Wildman–Crippen LogP) is 19.9. The number of carbonyl (C=O) groups excluding carboxylic acids is 3. The first-order valence-electron chi connectivity index (χ1n) is 28.6. The largest absolute Gasteiger partial charge is 0.462 e. The molecule has 0 aromatic carbocycles. The summed E-state index contributed by atoms with van der Waals surface area (Å²) in [6.45, 7) is 6.65. The van der Waals surface area contributed by atoms with Crippen molar-refractivity contribution in [1.82, 2.24) is 0 Å². The van der Waals surface area contributed by atoms with E-state index < -0.39 is 6.10 Å². The summed E-state index contributed by atoms with van der Waals surface area (Å²) in [4.78, 5) is 40.2. The molecular weight excluding hydrogens is 1020 g/mol. The molecule has 0 aromatic rings. The molecule has 0 saturated heterocycles. The van der Waals surface area contributed by atoms with Crippen LogP contribution in [0.4, 0.5) is 0 Å². The fourth-order valence-corrected chi connectivity index (χ4v) is 10.7. The lowest BCUT2D eigenvalue weighted by Crippen LogP contribution is -2.30. The van der Waals surface area contributed by atoms with Crippen LogP contribution in [0.5, 0.6) is 0 Å². The number of carbonyl (C=O) groups is 3. The standard InChI is InChI=1S/C57H107Br3O6/c1-4-7-10-13-16-22-31-40-51(58)43-34-25-19-28-37-46-55(61)64-49-54(66-57(63)48-39-30-21-27-36-45-53(60)42-33-24-18-15-12-9-6-3)50-65-56(62)47-38-29-20-26-35-44-52(59)41-32-23-17-14-11-8-5-2/h51-54H,4-50H2,1-3H3. The monoisotopic (exact) mass is 1120 g/mol. The molecule has 0 amide bonds. The molecule has 6 nitrogen and oxygen atoms in total. The highest BCUT2D eigenvalue weighted by Crippen LogP contribution is 2.23. The van der Waals surface area contributed by atoms with Crippen LogP contribution >= 0.6 is 47.8 Å². The number of unbranched alkanes of at least 4 members (excludes halogenated alkanes) is 30. The molecule has 0 N–H and O–H groups in total. The zero-order chi connectivity index (χ0) is 48.4. The van der Waals surface area contributed by atoms with Gasteiger partial charge in [-0.25, -0.2) is 0 Å². The van der Waals surface area contributed by atoms with Gasteiger partial charge in [-0.3, -0.25) is 14.4 Å². The third-order valence-corrected chi connectivity index (χ3v) is 16.0. The Morgan fingerprint density at radius 1 is 0.303 bits per heavy atom. The Balaban J connectivity index is 4.47. The highest BCUT2D eigenvalue weighted by atomic mass is 79.9. The van der Waals surface area contributed by atoms with E-state index >= 15 is 0 Å². The van der Waals surface area contributed by atoms with Crippen molar-refractivity contribution in [1.29, 1.82) is 0 Å². The van der Waals surface area contributed by atoms with Crippen molar-refractivity contribution in [3.63, 3.8) is 0 Å². The summed E-state index contributed by atoms with van der Waals surface area (Å²) in [5, 5.41) is 0. The van der Waals surface area contributed by atoms with Crippen LogP contribution in [0.1, 0.15) is 310 Å². The van der Waals surface area contributed by atoms with Gasteiger partial charge in [-0.1, -0.05) is 280 Å². The van der Waals surface area contributed by atoms with Crippen LogP contribution in [0.25, 0.3) is 0 Å². The first-order valence-corrected chi connectivity index (χ1v) is 31.4. The van der Waals surface area contributed by atoms with Gasteiger partial charge in [0.25, 0.3) is 0 Å². The van der Waals surface area contributed by atoms with Gasteiger partial charge in [0.1, 0.15) is 13.2 Å². The number of hydrogen-bond donors (Lipinski definition) is 0. The van der Waals surface area contributed by atoms with Crippen LogP contribution < -0.4 is 0 Å². The van der Waals surface area contributed by atoms with E-state index in [0.717, 1.165) is 57.8 Å². The van der Waals surface area contributed by atoms with E-state index in [0.29, 0.717) is 33.7 Å². The Morgan fingerprint density at radius 2 is 0.515 bits per heavy atom. The van der Waals surface area contributed by atoms with Gasteiger partial charge in [0.2, 0.25) is 0 Å². The number of rotatable bonds is 53. The smallest absolute Gasteiger partial charge is 0.306 e. The van der Waals surface area contributed by atoms with Gasteiger partial charge < -0.3 is 14.2 Å². The van der Waals surface area contributed by atoms with Gasteiger partial charge in [0.05, 0.1) is 0 Å². The van der Waals surface area contributed by atoms with Crippen molar-refractivity contribution < 1.29 is 28.6 Å². The molecule has 66 heavy (non-hydrogen) atoms. The van der Waals surface area contributed by atoms with Gasteiger partial charge in [0, 0.05) is 33.7 Å². The minimum absolute atomic E-state index is 0.0800. The average Bonchev–Trinajstić information content (AvgIpc) is 3.30. The van der Waals surface area contributed by atoms with E-state index in [1.807, 2.05) is 0 Å². The SMILES string of the molecule is CCCCCCCCCC(Br)CCCCCCCC(=O)OCC(COC(=O)CCCCCCCC(Br)CCCCCCCCC)OC(=O)CCCCCCCC(Br)CCCCCCCCC. The molecule has 3 atom stereocenters. The Labute approximate surface area is 435 Å². The molecule has 3 unspecified atom stereocenters. The molecule has 0 fully saturated rings. The molecule has 0 aliphatic carbocycles. The molecule has 0 saturated carbocycles. The van der Waals surface area contributed by atoms with Crippen LogP contribution in [-0.2, 0) is 28.6 Å². The highest BCUT2D eigenvalue weighted by molar-refractivity contribution is 9.10. The van der Waals surface area contributed by atoms with Gasteiger partial charge in [-0.2, -0.15) is 0 Å². The Hall–Kier alpha value is -0.150. The molecule has 0 radical (unpaired) electrons. The van der Waals surface area contributed by atoms with E-state index in [4.69, 9.17) is 14.2 Å². The van der Waals surface area contributed by atoms with Crippen molar-refractivity contribution in [3.05, 3.63) is 0 Å². The van der Waals surface area contributed by atoms with Gasteiger partial charge >= 0.3 is 17.9 Å². The van der Waals surface area contributed by atoms with E-state index in [-0.39, 0.29) is 31.1 Å². The lowest BCUT2D eigenvalue weighted by Gasteiger charge is -2.18. The molecule has 0 aliphatic rings. The van der Waals surface area contributed by atoms with Crippen LogP contribution in [-0.4, -0.2) is 51.7 Å². The summed E-state index contributed by atoms with van der Waals surface area (Å²) in [5.74, 6) is -0.881. The number of ether oxygens (including phenoxy) is 3. The lowest BCUT2D eigenvalue weighted by atomic mass is 10.0. The molecule has 0 heterocycles. The summed E-state index contributed by atoms with van der Waals surface area (Å²) >= 11 is 11.7. The predicted molar refractivity (Wildman–Crippen MR) is 295 cm³/mol. The molecule has 0 rings (SSSR count). The second-order valence-corrected chi connectivity index (χ2v) is 23.8. The molecule has 392 valence electrons. The first-order chi connectivity index (χ1) is 32.2. The van der Waals surface area contributed by atoms with Crippen molar-refractivity contribution in [2.45, 2.75) is 330 Å². The highest BCUT2D eigenvalue weighted by Gasteiger charge is 2.20. The van der Waals surface area contributed by atoms with Crippen molar-refractivity contribution in [3.8, 4) is 0 Å². The Bertz CT molecular complexity index is 992. The third kappa shape index (κ3) is 50.2.